The van der Waals surface area contributed by atoms with Gasteiger partial charge < -0.3 is 34.1 Å². The van der Waals surface area contributed by atoms with Gasteiger partial charge in [0.1, 0.15) is 23.8 Å². The van der Waals surface area contributed by atoms with E-state index in [1.807, 2.05) is 51.1 Å². The van der Waals surface area contributed by atoms with Gasteiger partial charge in [0, 0.05) is 32.5 Å². The molecule has 0 bridgehead atoms. The number of alkyl carbamates (subject to hydrolysis) is 1. The molecule has 1 aromatic rings. The number of ether oxygens (including phenoxy) is 4. The van der Waals surface area contributed by atoms with Crippen LogP contribution in [0.3, 0.4) is 0 Å². The lowest BCUT2D eigenvalue weighted by molar-refractivity contribution is -0.150. The first kappa shape index (κ1) is 35.3. The number of benzene rings is 1. The van der Waals surface area contributed by atoms with Gasteiger partial charge in [-0.3, -0.25) is 14.4 Å². The molecule has 246 valence electrons. The fourth-order valence-electron chi connectivity index (χ4n) is 5.47. The van der Waals surface area contributed by atoms with E-state index in [1.165, 1.54) is 7.11 Å². The number of rotatable bonds is 11. The molecule has 2 heterocycles. The average molecular weight is 618 g/mol. The first-order chi connectivity index (χ1) is 20.7. The number of carbonyl (C=O) groups excluding carboxylic acids is 4. The van der Waals surface area contributed by atoms with Crippen LogP contribution in [0.15, 0.2) is 30.3 Å². The highest BCUT2D eigenvalue weighted by Crippen LogP contribution is 2.30. The van der Waals surface area contributed by atoms with Crippen LogP contribution in [0.4, 0.5) is 4.79 Å². The Balaban J connectivity index is 1.76. The molecule has 3 rings (SSSR count). The lowest BCUT2D eigenvalue weighted by Gasteiger charge is -2.38. The number of morpholine rings is 1. The maximum Gasteiger partial charge on any atom is 0.408 e. The number of likely N-dealkylation sites (tertiary alicyclic amines) is 1. The molecule has 2 saturated heterocycles. The van der Waals surface area contributed by atoms with Gasteiger partial charge in [-0.05, 0) is 44.6 Å². The summed E-state index contributed by atoms with van der Waals surface area (Å²) in [6, 6.07) is 8.12. The molecule has 1 N–H and O–H groups in total. The Morgan fingerprint density at radius 2 is 1.70 bits per heavy atom. The molecule has 0 unspecified atom stereocenters. The van der Waals surface area contributed by atoms with E-state index in [4.69, 9.17) is 18.9 Å². The highest BCUT2D eigenvalue weighted by molar-refractivity contribution is 5.92. The molecule has 2 fully saturated rings. The first-order valence-electron chi connectivity index (χ1n) is 15.6. The Morgan fingerprint density at radius 3 is 2.34 bits per heavy atom. The van der Waals surface area contributed by atoms with Crippen molar-refractivity contribution in [2.24, 2.45) is 5.41 Å². The van der Waals surface area contributed by atoms with Crippen LogP contribution in [0, 0.1) is 5.41 Å². The second-order valence-electron chi connectivity index (χ2n) is 13.6. The topological polar surface area (TPSA) is 124 Å². The van der Waals surface area contributed by atoms with E-state index in [-0.39, 0.29) is 36.5 Å². The number of hydrogen-bond acceptors (Lipinski definition) is 8. The summed E-state index contributed by atoms with van der Waals surface area (Å²) in [6.45, 7) is 12.8. The Morgan fingerprint density at radius 1 is 1.00 bits per heavy atom. The predicted molar refractivity (Wildman–Crippen MR) is 165 cm³/mol. The monoisotopic (exact) mass is 617 g/mol. The molecular weight excluding hydrogens is 566 g/mol. The van der Waals surface area contributed by atoms with Gasteiger partial charge in [-0.2, -0.15) is 0 Å². The number of hydrogen-bond donors (Lipinski definition) is 1. The van der Waals surface area contributed by atoms with Crippen molar-refractivity contribution in [2.75, 3.05) is 40.0 Å². The van der Waals surface area contributed by atoms with Crippen molar-refractivity contribution in [3.8, 4) is 0 Å². The number of carbonyl (C=O) groups is 4. The number of esters is 1. The zero-order valence-electron chi connectivity index (χ0n) is 27.4. The largest absolute Gasteiger partial charge is 0.469 e. The SMILES string of the molecule is COC(=O)CCCCCO[C@H]1C[C@@H](C(=O)N2CCO[C@H](c3ccccc3)C2)N(C(=O)[C@@H](NC(=O)OC(C)(C)C)C(C)(C)C)C1. The van der Waals surface area contributed by atoms with Crippen molar-refractivity contribution in [2.45, 2.75) is 104 Å². The maximum atomic E-state index is 14.2. The van der Waals surface area contributed by atoms with E-state index in [2.05, 4.69) is 5.32 Å². The van der Waals surface area contributed by atoms with Gasteiger partial charge in [0.25, 0.3) is 0 Å². The lowest BCUT2D eigenvalue weighted by atomic mass is 9.85. The normalized spacial score (nSPS) is 21.5. The van der Waals surface area contributed by atoms with Crippen molar-refractivity contribution in [3.05, 3.63) is 35.9 Å². The Labute approximate surface area is 261 Å². The molecule has 11 nitrogen and oxygen atoms in total. The molecule has 2 aliphatic rings. The third-order valence-corrected chi connectivity index (χ3v) is 7.76. The second kappa shape index (κ2) is 15.7. The van der Waals surface area contributed by atoms with Crippen LogP contribution < -0.4 is 5.32 Å². The second-order valence-corrected chi connectivity index (χ2v) is 13.6. The summed E-state index contributed by atoms with van der Waals surface area (Å²) in [4.78, 5) is 55.8. The quantitative estimate of drug-likeness (QED) is 0.289. The molecular formula is C33H51N3O8. The number of nitrogens with one attached hydrogen (secondary N) is 1. The molecule has 2 aliphatic heterocycles. The molecule has 44 heavy (non-hydrogen) atoms. The summed E-state index contributed by atoms with van der Waals surface area (Å²) in [5, 5.41) is 2.78. The highest BCUT2D eigenvalue weighted by atomic mass is 16.6. The van der Waals surface area contributed by atoms with E-state index < -0.39 is 29.2 Å². The van der Waals surface area contributed by atoms with Gasteiger partial charge in [-0.15, -0.1) is 0 Å². The zero-order valence-corrected chi connectivity index (χ0v) is 27.4. The van der Waals surface area contributed by atoms with Crippen LogP contribution >= 0.6 is 0 Å². The Kier molecular flexibility index (Phi) is 12.6. The van der Waals surface area contributed by atoms with Crippen LogP contribution in [-0.4, -0.2) is 97.4 Å². The summed E-state index contributed by atoms with van der Waals surface area (Å²) in [5.74, 6) is -0.737. The van der Waals surface area contributed by atoms with Crippen LogP contribution in [0.2, 0.25) is 0 Å². The lowest BCUT2D eigenvalue weighted by Crippen LogP contribution is -2.59. The van der Waals surface area contributed by atoms with Crippen LogP contribution in [0.25, 0.3) is 0 Å². The molecule has 4 atom stereocenters. The van der Waals surface area contributed by atoms with Gasteiger partial charge in [0.05, 0.1) is 26.4 Å². The van der Waals surface area contributed by atoms with E-state index in [0.29, 0.717) is 45.6 Å². The minimum Gasteiger partial charge on any atom is -0.469 e. The average Bonchev–Trinajstić information content (AvgIpc) is 3.40. The predicted octanol–water partition coefficient (Wildman–Crippen LogP) is 4.25. The molecule has 3 amide bonds. The fourth-order valence-corrected chi connectivity index (χ4v) is 5.47. The van der Waals surface area contributed by atoms with E-state index in [9.17, 15) is 19.2 Å². The summed E-state index contributed by atoms with van der Waals surface area (Å²) in [5.41, 5.74) is -0.396. The van der Waals surface area contributed by atoms with Gasteiger partial charge in [-0.25, -0.2) is 4.79 Å². The Bertz CT molecular complexity index is 1110. The Hall–Kier alpha value is -3.18. The third-order valence-electron chi connectivity index (χ3n) is 7.76. The van der Waals surface area contributed by atoms with Crippen molar-refractivity contribution in [3.63, 3.8) is 0 Å². The molecule has 0 spiro atoms. The summed E-state index contributed by atoms with van der Waals surface area (Å²) >= 11 is 0. The molecule has 0 aromatic heterocycles. The zero-order chi connectivity index (χ0) is 32.5. The van der Waals surface area contributed by atoms with Crippen LogP contribution in [0.1, 0.15) is 85.3 Å². The first-order valence-corrected chi connectivity index (χ1v) is 15.6. The minimum atomic E-state index is -0.925. The van der Waals surface area contributed by atoms with Gasteiger partial charge >= 0.3 is 12.1 Å². The summed E-state index contributed by atoms with van der Waals surface area (Å²) in [6.07, 6.45) is 1.67. The summed E-state index contributed by atoms with van der Waals surface area (Å²) in [7, 11) is 1.38. The molecule has 0 radical (unpaired) electrons. The van der Waals surface area contributed by atoms with Gasteiger partial charge in [-0.1, -0.05) is 57.5 Å². The van der Waals surface area contributed by atoms with Gasteiger partial charge in [0.15, 0.2) is 0 Å². The smallest absolute Gasteiger partial charge is 0.408 e. The summed E-state index contributed by atoms with van der Waals surface area (Å²) < 4.78 is 22.3. The van der Waals surface area contributed by atoms with E-state index >= 15 is 0 Å². The highest BCUT2D eigenvalue weighted by Gasteiger charge is 2.47. The number of methoxy groups -OCH3 is 1. The van der Waals surface area contributed by atoms with Crippen molar-refractivity contribution in [1.82, 2.24) is 15.1 Å². The number of unbranched alkanes of at least 4 members (excludes halogenated alkanes) is 2. The molecule has 11 heteroatoms. The van der Waals surface area contributed by atoms with Crippen molar-refractivity contribution >= 4 is 23.9 Å². The van der Waals surface area contributed by atoms with Crippen LogP contribution in [0.5, 0.6) is 0 Å². The number of nitrogens with zero attached hydrogens (tertiary/aromatic N) is 2. The van der Waals surface area contributed by atoms with Crippen molar-refractivity contribution in [1.29, 1.82) is 0 Å². The minimum absolute atomic E-state index is 0.156. The molecule has 1 aromatic carbocycles. The standard InChI is InChI=1S/C33H51N3O8/c1-32(2,3)28(34-31(40)44-33(4,5)6)30(39)36-21-24(42-18-13-9-12-16-27(37)41-7)20-25(36)29(38)35-17-19-43-26(22-35)23-14-10-8-11-15-23/h8,10-11,14-15,24-26,28H,9,12-13,16-22H2,1-7H3,(H,34,40)/t24-,25-,26-,28+/m0/s1. The van der Waals surface area contributed by atoms with Gasteiger partial charge in [0.2, 0.25) is 11.8 Å². The molecule has 0 saturated carbocycles. The fraction of sp³-hybridized carbons (Fsp3) is 0.697. The third kappa shape index (κ3) is 10.5. The van der Waals surface area contributed by atoms with Crippen LogP contribution in [-0.2, 0) is 33.3 Å². The number of amides is 3. The van der Waals surface area contributed by atoms with E-state index in [0.717, 1.165) is 18.4 Å². The maximum absolute atomic E-state index is 14.2. The van der Waals surface area contributed by atoms with Crippen molar-refractivity contribution < 1.29 is 38.1 Å². The van der Waals surface area contributed by atoms with E-state index in [1.54, 1.807) is 30.6 Å². The molecule has 0 aliphatic carbocycles.